The van der Waals surface area contributed by atoms with Crippen molar-refractivity contribution in [1.82, 2.24) is 15.0 Å². The molecule has 2 atom stereocenters. The zero-order chi connectivity index (χ0) is 39.1. The summed E-state index contributed by atoms with van der Waals surface area (Å²) in [5.41, 5.74) is 7.73. The smallest absolute Gasteiger partial charge is 0.171 e. The van der Waals surface area contributed by atoms with Crippen molar-refractivity contribution in [3.63, 3.8) is 0 Å². The molecule has 2 aliphatic heterocycles. The van der Waals surface area contributed by atoms with Crippen LogP contribution >= 0.6 is 18.9 Å². The minimum absolute atomic E-state index is 0.596. The van der Waals surface area contributed by atoms with Gasteiger partial charge in [-0.1, -0.05) is 176 Å². The number of furan rings is 1. The molecule has 0 fully saturated rings. The van der Waals surface area contributed by atoms with Crippen LogP contribution in [-0.4, -0.2) is 15.0 Å². The molecule has 0 aliphatic carbocycles. The van der Waals surface area contributed by atoms with Gasteiger partial charge in [-0.2, -0.15) is 0 Å². The predicted molar refractivity (Wildman–Crippen MR) is 239 cm³/mol. The van der Waals surface area contributed by atoms with Gasteiger partial charge < -0.3 is 8.98 Å². The topological polar surface area (TPSA) is 68.9 Å². The van der Waals surface area contributed by atoms with Gasteiger partial charge in [0.2, 0.25) is 0 Å². The molecule has 8 aromatic carbocycles. The van der Waals surface area contributed by atoms with Gasteiger partial charge in [0.05, 0.1) is 5.41 Å². The minimum atomic E-state index is -3.43. The monoisotopic (exact) mass is 793 g/mol. The first-order valence-electron chi connectivity index (χ1n) is 19.6. The fourth-order valence-corrected chi connectivity index (χ4v) is 13.7. The minimum Gasteiger partial charge on any atom is -0.456 e. The summed E-state index contributed by atoms with van der Waals surface area (Å²) in [7, 11) is -3.43. The molecule has 0 N–H and O–H groups in total. The van der Waals surface area contributed by atoms with Crippen molar-refractivity contribution in [1.29, 1.82) is 0 Å². The van der Waals surface area contributed by atoms with Crippen LogP contribution in [0.3, 0.4) is 0 Å². The molecule has 0 saturated heterocycles. The maximum atomic E-state index is 16.5. The molecule has 0 bridgehead atoms. The van der Waals surface area contributed by atoms with Crippen LogP contribution in [0.4, 0.5) is 0 Å². The van der Waals surface area contributed by atoms with Gasteiger partial charge in [-0.15, -0.1) is 0 Å². The van der Waals surface area contributed by atoms with Crippen LogP contribution in [0.5, 0.6) is 0 Å². The second-order valence-corrected chi connectivity index (χ2v) is 18.8. The lowest BCUT2D eigenvalue weighted by atomic mass is 9.64. The Hall–Kier alpha value is -6.85. The first kappa shape index (κ1) is 34.2. The van der Waals surface area contributed by atoms with E-state index in [9.17, 15) is 0 Å². The van der Waals surface area contributed by atoms with E-state index in [1.54, 1.807) is 11.8 Å². The summed E-state index contributed by atoms with van der Waals surface area (Å²) in [5, 5.41) is 4.46. The van der Waals surface area contributed by atoms with Gasteiger partial charge in [0, 0.05) is 53.2 Å². The Morgan fingerprint density at radius 2 is 1.00 bits per heavy atom. The van der Waals surface area contributed by atoms with E-state index in [4.69, 9.17) is 19.4 Å². The first-order valence-corrected chi connectivity index (χ1v) is 22.1. The van der Waals surface area contributed by atoms with Gasteiger partial charge in [-0.05, 0) is 52.6 Å². The predicted octanol–water partition coefficient (Wildman–Crippen LogP) is 11.6. The Morgan fingerprint density at radius 1 is 0.424 bits per heavy atom. The maximum Gasteiger partial charge on any atom is 0.171 e. The van der Waals surface area contributed by atoms with Crippen LogP contribution in [0.2, 0.25) is 0 Å². The van der Waals surface area contributed by atoms with Crippen LogP contribution in [0.1, 0.15) is 22.3 Å². The van der Waals surface area contributed by atoms with Crippen LogP contribution in [-0.2, 0) is 9.98 Å². The molecule has 2 aromatic heterocycles. The highest BCUT2D eigenvalue weighted by atomic mass is 32.2. The first-order chi connectivity index (χ1) is 29.1. The molecular weight excluding hydrogens is 762 g/mol. The standard InChI is InChI=1S/C52H32N3O2PS/c56-58(36-20-8-3-9-21-36)45-26-14-11-23-39(45)52(42-31-38-37-22-10-13-25-43(37)57-44(38)32-46(42)58)40-24-12-15-27-47(40)59-48-30-35(28-29-41(48)52)51-54-49(33-16-4-1-5-17-33)53-50(55-51)34-18-6-2-7-19-34/h1-32H. The largest absolute Gasteiger partial charge is 0.456 e. The third kappa shape index (κ3) is 5.00. The number of aromatic nitrogens is 3. The average Bonchev–Trinajstić information content (AvgIpc) is 3.68. The van der Waals surface area contributed by atoms with Gasteiger partial charge in [-0.3, -0.25) is 0 Å². The number of para-hydroxylation sites is 1. The molecule has 10 aromatic rings. The zero-order valence-corrected chi connectivity index (χ0v) is 33.2. The van der Waals surface area contributed by atoms with Crippen molar-refractivity contribution in [3.05, 3.63) is 216 Å². The summed E-state index contributed by atoms with van der Waals surface area (Å²) in [5.74, 6) is 1.83. The van der Waals surface area contributed by atoms with Gasteiger partial charge in [0.15, 0.2) is 24.6 Å². The second kappa shape index (κ2) is 13.1. The van der Waals surface area contributed by atoms with E-state index in [2.05, 4.69) is 78.9 Å². The van der Waals surface area contributed by atoms with Crippen LogP contribution in [0.15, 0.2) is 208 Å². The summed E-state index contributed by atoms with van der Waals surface area (Å²) in [6.07, 6.45) is 0. The van der Waals surface area contributed by atoms with E-state index in [0.717, 1.165) is 86.6 Å². The number of hydrogen-bond acceptors (Lipinski definition) is 6. The van der Waals surface area contributed by atoms with Gasteiger partial charge in [0.25, 0.3) is 0 Å². The molecule has 2 aliphatic rings. The molecule has 0 radical (unpaired) electrons. The Morgan fingerprint density at radius 3 is 1.73 bits per heavy atom. The lowest BCUT2D eigenvalue weighted by Crippen LogP contribution is -2.48. The van der Waals surface area contributed by atoms with Crippen LogP contribution in [0.25, 0.3) is 56.1 Å². The second-order valence-electron chi connectivity index (χ2n) is 15.0. The fourth-order valence-electron chi connectivity index (χ4n) is 9.28. The highest BCUT2D eigenvalue weighted by Gasteiger charge is 2.54. The summed E-state index contributed by atoms with van der Waals surface area (Å²) < 4.78 is 23.0. The lowest BCUT2D eigenvalue weighted by Gasteiger charge is -2.47. The third-order valence-electron chi connectivity index (χ3n) is 11.9. The molecule has 59 heavy (non-hydrogen) atoms. The molecule has 278 valence electrons. The molecule has 0 saturated carbocycles. The zero-order valence-electron chi connectivity index (χ0n) is 31.5. The summed E-state index contributed by atoms with van der Waals surface area (Å²) >= 11 is 1.75. The van der Waals surface area contributed by atoms with Gasteiger partial charge in [0.1, 0.15) is 11.2 Å². The van der Waals surface area contributed by atoms with Crippen molar-refractivity contribution in [2.75, 3.05) is 0 Å². The lowest BCUT2D eigenvalue weighted by molar-refractivity contribution is 0.589. The molecule has 2 unspecified atom stereocenters. The Kier molecular flexibility index (Phi) is 7.59. The molecule has 0 amide bonds. The van der Waals surface area contributed by atoms with Crippen LogP contribution < -0.4 is 15.9 Å². The quantitative estimate of drug-likeness (QED) is 0.165. The Balaban J connectivity index is 1.17. The van der Waals surface area contributed by atoms with Crippen molar-refractivity contribution in [3.8, 4) is 34.2 Å². The van der Waals surface area contributed by atoms with Crippen LogP contribution in [0, 0.1) is 0 Å². The fraction of sp³-hybridized carbons (Fsp3) is 0.0192. The molecule has 12 rings (SSSR count). The third-order valence-corrected chi connectivity index (χ3v) is 16.1. The van der Waals surface area contributed by atoms with E-state index in [0.29, 0.717) is 17.5 Å². The summed E-state index contributed by atoms with van der Waals surface area (Å²) in [4.78, 5) is 17.4. The summed E-state index contributed by atoms with van der Waals surface area (Å²) in [6, 6.07) is 66.3. The van der Waals surface area contributed by atoms with E-state index in [1.165, 1.54) is 0 Å². The normalized spacial score (nSPS) is 17.6. The van der Waals surface area contributed by atoms with E-state index in [1.807, 2.05) is 115 Å². The molecular formula is C52H32N3O2PS. The van der Waals surface area contributed by atoms with E-state index in [-0.39, 0.29) is 0 Å². The number of hydrogen-bond donors (Lipinski definition) is 0. The number of nitrogens with zero attached hydrogens (tertiary/aromatic N) is 3. The Bertz CT molecular complexity index is 3290. The van der Waals surface area contributed by atoms with E-state index >= 15 is 4.57 Å². The van der Waals surface area contributed by atoms with Crippen molar-refractivity contribution >= 4 is 56.8 Å². The average molecular weight is 794 g/mol. The number of rotatable bonds is 4. The molecule has 1 spiro atoms. The Labute approximate surface area is 344 Å². The SMILES string of the molecule is O=P1(c2ccccc2)c2ccccc2C2(c3ccccc3Sc3cc(-c4nc(-c5ccccc5)nc(-c5ccccc5)n4)ccc32)c2cc3c(cc21)oc1ccccc13. The van der Waals surface area contributed by atoms with Gasteiger partial charge in [-0.25, -0.2) is 15.0 Å². The molecule has 5 nitrogen and oxygen atoms in total. The highest BCUT2D eigenvalue weighted by molar-refractivity contribution is 7.99. The molecule has 4 heterocycles. The highest BCUT2D eigenvalue weighted by Crippen LogP contribution is 2.62. The molecule has 7 heteroatoms. The number of fused-ring (bicyclic) bond motifs is 11. The summed E-state index contributed by atoms with van der Waals surface area (Å²) in [6.45, 7) is 0. The van der Waals surface area contributed by atoms with Gasteiger partial charge >= 0.3 is 0 Å². The van der Waals surface area contributed by atoms with Crippen molar-refractivity contribution in [2.45, 2.75) is 15.2 Å². The number of benzene rings is 8. The maximum absolute atomic E-state index is 16.5. The van der Waals surface area contributed by atoms with E-state index < -0.39 is 12.6 Å². The van der Waals surface area contributed by atoms with Crippen molar-refractivity contribution < 1.29 is 8.98 Å². The van der Waals surface area contributed by atoms with Crippen molar-refractivity contribution in [2.24, 2.45) is 0 Å².